The number of aliphatic hydroxyl groups excluding tert-OH is 2. The third-order valence-corrected chi connectivity index (χ3v) is 3.41. The van der Waals surface area contributed by atoms with E-state index in [0.29, 0.717) is 11.2 Å². The van der Waals surface area contributed by atoms with E-state index in [9.17, 15) is 15.0 Å². The minimum absolute atomic E-state index is 0.174. The maximum atomic E-state index is 11.0. The molecule has 4 atom stereocenters. The summed E-state index contributed by atoms with van der Waals surface area (Å²) in [4.78, 5) is 23.0. The highest BCUT2D eigenvalue weighted by Crippen LogP contribution is 2.33. The molecule has 1 fully saturated rings. The largest absolute Gasteiger partial charge is 0.439 e. The van der Waals surface area contributed by atoms with Crippen molar-refractivity contribution in [1.29, 1.82) is 0 Å². The van der Waals surface area contributed by atoms with Gasteiger partial charge in [-0.3, -0.25) is 4.57 Å². The Morgan fingerprint density at radius 3 is 2.91 bits per heavy atom. The number of carbonyl (C=O) groups is 1. The van der Waals surface area contributed by atoms with Crippen LogP contribution in [-0.2, 0) is 9.47 Å². The van der Waals surface area contributed by atoms with Gasteiger partial charge in [-0.1, -0.05) is 0 Å². The number of nitrogens with two attached hydrogens (primary N) is 2. The number of imidazole rings is 1. The molecule has 22 heavy (non-hydrogen) atoms. The van der Waals surface area contributed by atoms with Crippen LogP contribution in [-0.4, -0.2) is 60.7 Å². The summed E-state index contributed by atoms with van der Waals surface area (Å²) < 4.78 is 11.8. The molecular formula is C11H14N6O5. The summed E-state index contributed by atoms with van der Waals surface area (Å²) in [5.74, 6) is 0.174. The molecule has 0 saturated carbocycles. The van der Waals surface area contributed by atoms with Crippen LogP contribution >= 0.6 is 0 Å². The van der Waals surface area contributed by atoms with Crippen LogP contribution in [0.4, 0.5) is 10.6 Å². The molecule has 0 aliphatic carbocycles. The number of nitrogens with zero attached hydrogens (tertiary/aromatic N) is 4. The van der Waals surface area contributed by atoms with E-state index in [1.54, 1.807) is 0 Å². The van der Waals surface area contributed by atoms with Gasteiger partial charge in [0, 0.05) is 0 Å². The fourth-order valence-corrected chi connectivity index (χ4v) is 2.41. The third kappa shape index (κ3) is 2.20. The molecule has 3 heterocycles. The van der Waals surface area contributed by atoms with Crippen LogP contribution < -0.4 is 11.5 Å². The molecule has 0 spiro atoms. The van der Waals surface area contributed by atoms with E-state index in [1.165, 1.54) is 17.2 Å². The molecule has 1 aliphatic rings. The monoisotopic (exact) mass is 310 g/mol. The van der Waals surface area contributed by atoms with Crippen LogP contribution in [0.2, 0.25) is 0 Å². The van der Waals surface area contributed by atoms with Gasteiger partial charge in [0.25, 0.3) is 0 Å². The predicted octanol–water partition coefficient (Wildman–Crippen LogP) is -1.88. The Bertz CT molecular complexity index is 705. The van der Waals surface area contributed by atoms with Crippen molar-refractivity contribution in [2.24, 2.45) is 5.73 Å². The SMILES string of the molecule is NC(=O)O[C@@H]1[C@H](O)[C@@H](CO)O[C@H]1n1cnc2c(N)ncnc21. The highest BCUT2D eigenvalue weighted by atomic mass is 16.6. The summed E-state index contributed by atoms with van der Waals surface area (Å²) in [7, 11) is 0. The first-order valence-corrected chi connectivity index (χ1v) is 6.36. The summed E-state index contributed by atoms with van der Waals surface area (Å²) in [6.07, 6.45) is -2.74. The summed E-state index contributed by atoms with van der Waals surface area (Å²) in [5, 5.41) is 19.3. The molecule has 1 saturated heterocycles. The van der Waals surface area contributed by atoms with Crippen LogP contribution in [0.15, 0.2) is 12.7 Å². The van der Waals surface area contributed by atoms with Crippen LogP contribution in [0.25, 0.3) is 11.2 Å². The number of carbonyl (C=O) groups excluding carboxylic acids is 1. The zero-order chi connectivity index (χ0) is 15.9. The molecule has 2 aromatic rings. The van der Waals surface area contributed by atoms with E-state index < -0.39 is 37.2 Å². The van der Waals surface area contributed by atoms with Gasteiger partial charge in [-0.2, -0.15) is 0 Å². The number of hydrogen-bond donors (Lipinski definition) is 4. The van der Waals surface area contributed by atoms with Crippen molar-refractivity contribution in [3.05, 3.63) is 12.7 Å². The number of aliphatic hydroxyl groups is 2. The Balaban J connectivity index is 2.03. The quantitative estimate of drug-likeness (QED) is 0.506. The zero-order valence-electron chi connectivity index (χ0n) is 11.2. The van der Waals surface area contributed by atoms with Gasteiger partial charge >= 0.3 is 6.09 Å². The molecule has 118 valence electrons. The molecule has 11 nitrogen and oxygen atoms in total. The van der Waals surface area contributed by atoms with Gasteiger partial charge in [0.15, 0.2) is 23.8 Å². The Morgan fingerprint density at radius 1 is 1.45 bits per heavy atom. The minimum Gasteiger partial charge on any atom is -0.439 e. The summed E-state index contributed by atoms with van der Waals surface area (Å²) in [6, 6.07) is 0. The van der Waals surface area contributed by atoms with Crippen molar-refractivity contribution in [3.63, 3.8) is 0 Å². The van der Waals surface area contributed by atoms with Crippen molar-refractivity contribution in [1.82, 2.24) is 19.5 Å². The Hall–Kier alpha value is -2.50. The number of anilines is 1. The number of primary amides is 1. The second-order valence-corrected chi connectivity index (χ2v) is 4.72. The Morgan fingerprint density at radius 2 is 2.23 bits per heavy atom. The average molecular weight is 310 g/mol. The Kier molecular flexibility index (Phi) is 3.52. The lowest BCUT2D eigenvalue weighted by Crippen LogP contribution is -2.38. The standard InChI is InChI=1S/C11H14N6O5/c12-8-5-9(15-2-14-8)17(3-16-5)10-7(22-11(13)20)6(19)4(1-18)21-10/h2-4,6-7,10,18-19H,1H2,(H2,13,20)(H2,12,14,15)/t4-,6-,7-,10-/m1/s1. The number of rotatable bonds is 3. The van der Waals surface area contributed by atoms with Crippen molar-refractivity contribution < 1.29 is 24.5 Å². The average Bonchev–Trinajstić information content (AvgIpc) is 3.02. The first-order chi connectivity index (χ1) is 10.5. The van der Waals surface area contributed by atoms with E-state index in [4.69, 9.17) is 20.9 Å². The minimum atomic E-state index is -1.25. The first kappa shape index (κ1) is 14.4. The number of nitrogen functional groups attached to an aromatic ring is 1. The zero-order valence-corrected chi connectivity index (χ0v) is 11.2. The second-order valence-electron chi connectivity index (χ2n) is 4.72. The van der Waals surface area contributed by atoms with Gasteiger partial charge in [-0.05, 0) is 0 Å². The van der Waals surface area contributed by atoms with Gasteiger partial charge < -0.3 is 31.2 Å². The molecule has 6 N–H and O–H groups in total. The van der Waals surface area contributed by atoms with E-state index >= 15 is 0 Å². The smallest absolute Gasteiger partial charge is 0.405 e. The van der Waals surface area contributed by atoms with E-state index in [2.05, 4.69) is 15.0 Å². The van der Waals surface area contributed by atoms with Crippen molar-refractivity contribution >= 4 is 23.1 Å². The van der Waals surface area contributed by atoms with Gasteiger partial charge in [-0.25, -0.2) is 19.7 Å². The highest BCUT2D eigenvalue weighted by molar-refractivity contribution is 5.81. The fourth-order valence-electron chi connectivity index (χ4n) is 2.41. The second kappa shape index (κ2) is 5.36. The van der Waals surface area contributed by atoms with Crippen molar-refractivity contribution in [2.75, 3.05) is 12.3 Å². The van der Waals surface area contributed by atoms with Gasteiger partial charge in [0.05, 0.1) is 12.9 Å². The van der Waals surface area contributed by atoms with Crippen molar-refractivity contribution in [3.8, 4) is 0 Å². The topological polar surface area (TPSA) is 172 Å². The molecule has 2 aromatic heterocycles. The summed E-state index contributed by atoms with van der Waals surface area (Å²) in [5.41, 5.74) is 11.4. The lowest BCUT2D eigenvalue weighted by Gasteiger charge is -2.20. The number of fused-ring (bicyclic) bond motifs is 1. The lowest BCUT2D eigenvalue weighted by atomic mass is 10.1. The van der Waals surface area contributed by atoms with Gasteiger partial charge in [0.2, 0.25) is 0 Å². The number of ether oxygens (including phenoxy) is 2. The molecule has 0 unspecified atom stereocenters. The van der Waals surface area contributed by atoms with Crippen molar-refractivity contribution in [2.45, 2.75) is 24.5 Å². The highest BCUT2D eigenvalue weighted by Gasteiger charge is 2.47. The van der Waals surface area contributed by atoms with Crippen LogP contribution in [0.3, 0.4) is 0 Å². The summed E-state index contributed by atoms with van der Waals surface area (Å²) >= 11 is 0. The van der Waals surface area contributed by atoms with E-state index in [0.717, 1.165) is 0 Å². The van der Waals surface area contributed by atoms with Gasteiger partial charge in [0.1, 0.15) is 24.1 Å². The molecule has 0 radical (unpaired) electrons. The molecule has 0 bridgehead atoms. The molecular weight excluding hydrogens is 296 g/mol. The maximum Gasteiger partial charge on any atom is 0.405 e. The number of hydrogen-bond acceptors (Lipinski definition) is 9. The van der Waals surface area contributed by atoms with Crippen LogP contribution in [0, 0.1) is 0 Å². The van der Waals surface area contributed by atoms with E-state index in [-0.39, 0.29) is 5.82 Å². The van der Waals surface area contributed by atoms with Gasteiger partial charge in [-0.15, -0.1) is 0 Å². The normalized spacial score (nSPS) is 28.1. The molecule has 3 rings (SSSR count). The first-order valence-electron chi connectivity index (χ1n) is 6.36. The molecule has 11 heteroatoms. The molecule has 1 aliphatic heterocycles. The fraction of sp³-hybridized carbons (Fsp3) is 0.455. The van der Waals surface area contributed by atoms with Crippen LogP contribution in [0.5, 0.6) is 0 Å². The summed E-state index contributed by atoms with van der Waals surface area (Å²) in [6.45, 7) is -0.458. The Labute approximate surface area is 123 Å². The van der Waals surface area contributed by atoms with Crippen LogP contribution in [0.1, 0.15) is 6.23 Å². The van der Waals surface area contributed by atoms with E-state index in [1.807, 2.05) is 0 Å². The third-order valence-electron chi connectivity index (χ3n) is 3.41. The number of aromatic nitrogens is 4. The maximum absolute atomic E-state index is 11.0. The molecule has 1 amide bonds. The molecule has 0 aromatic carbocycles. The predicted molar refractivity (Wildman–Crippen MR) is 71.2 cm³/mol. The number of amides is 1. The lowest BCUT2D eigenvalue weighted by molar-refractivity contribution is -0.0523.